The van der Waals surface area contributed by atoms with Crippen LogP contribution in [0.2, 0.25) is 0 Å². The third kappa shape index (κ3) is 7.39. The van der Waals surface area contributed by atoms with E-state index < -0.39 is 6.04 Å². The number of aryl methyl sites for hydroxylation is 1. The number of hydrogen-bond donors (Lipinski definition) is 7. The highest BCUT2D eigenvalue weighted by molar-refractivity contribution is 5.96. The molecule has 10 N–H and O–H groups in total. The molecular formula is C17H29N7O2. The average Bonchev–Trinajstić information content (AvgIpc) is 2.61. The summed E-state index contributed by atoms with van der Waals surface area (Å²) in [6.45, 7) is 3.05. The first-order valence-corrected chi connectivity index (χ1v) is 8.63. The van der Waals surface area contributed by atoms with Crippen molar-refractivity contribution in [2.75, 3.05) is 25.4 Å². The summed E-state index contributed by atoms with van der Waals surface area (Å²) in [5.74, 6) is -0.578. The number of benzene rings is 1. The van der Waals surface area contributed by atoms with Crippen LogP contribution in [0.3, 0.4) is 0 Å². The van der Waals surface area contributed by atoms with Crippen molar-refractivity contribution in [2.24, 2.45) is 11.5 Å². The first kappa shape index (κ1) is 21.2. The first-order chi connectivity index (χ1) is 12.3. The first-order valence-electron chi connectivity index (χ1n) is 8.63. The zero-order chi connectivity index (χ0) is 19.5. The second kappa shape index (κ2) is 10.9. The minimum absolute atomic E-state index is 0.105. The molecule has 26 heavy (non-hydrogen) atoms. The number of carbonyl (C=O) groups is 2. The Balaban J connectivity index is 2.30. The van der Waals surface area contributed by atoms with Crippen molar-refractivity contribution in [2.45, 2.75) is 32.2 Å². The van der Waals surface area contributed by atoms with E-state index in [9.17, 15) is 9.59 Å². The Morgan fingerprint density at radius 1 is 1.15 bits per heavy atom. The number of carbonyl (C=O) groups excluding carboxylic acids is 2. The molecule has 0 fully saturated rings. The lowest BCUT2D eigenvalue weighted by atomic mass is 10.0. The lowest BCUT2D eigenvalue weighted by Gasteiger charge is -2.13. The number of rotatable bonds is 10. The summed E-state index contributed by atoms with van der Waals surface area (Å²) < 4.78 is 0. The van der Waals surface area contributed by atoms with Crippen molar-refractivity contribution in [3.63, 3.8) is 0 Å². The zero-order valence-corrected chi connectivity index (χ0v) is 15.1. The summed E-state index contributed by atoms with van der Waals surface area (Å²) in [7, 11) is 0. The number of nitrogen functional groups attached to an aromatic ring is 1. The summed E-state index contributed by atoms with van der Waals surface area (Å²) >= 11 is 0. The van der Waals surface area contributed by atoms with Gasteiger partial charge in [-0.1, -0.05) is 6.92 Å². The van der Waals surface area contributed by atoms with E-state index in [-0.39, 0.29) is 17.8 Å². The van der Waals surface area contributed by atoms with Gasteiger partial charge in [0.2, 0.25) is 5.91 Å². The van der Waals surface area contributed by atoms with Crippen LogP contribution < -0.4 is 33.2 Å². The summed E-state index contributed by atoms with van der Waals surface area (Å²) in [5.41, 5.74) is 18.8. The van der Waals surface area contributed by atoms with Crippen LogP contribution in [-0.4, -0.2) is 43.5 Å². The largest absolute Gasteiger partial charge is 0.399 e. The fraction of sp³-hybridized carbons (Fsp3) is 0.471. The third-order valence-corrected chi connectivity index (χ3v) is 3.81. The fourth-order valence-electron chi connectivity index (χ4n) is 2.39. The SMILES string of the molecule is CCc1cc(N)ccc1C(=O)NCCNC(=O)[C@@H](N)CCCNC(=N)N. The van der Waals surface area contributed by atoms with E-state index in [4.69, 9.17) is 22.6 Å². The molecule has 0 aliphatic rings. The Labute approximate surface area is 153 Å². The van der Waals surface area contributed by atoms with Gasteiger partial charge in [-0.2, -0.15) is 0 Å². The molecule has 1 aromatic rings. The Morgan fingerprint density at radius 3 is 2.50 bits per heavy atom. The molecule has 1 aromatic carbocycles. The second-order valence-electron chi connectivity index (χ2n) is 5.91. The number of nitrogens with one attached hydrogen (secondary N) is 4. The standard InChI is InChI=1S/C17H29N7O2/c1-2-11-10-12(18)5-6-13(11)15(25)22-8-9-23-16(26)14(19)4-3-7-24-17(20)21/h5-6,10,14H,2-4,7-9,18-19H2,1H3,(H,22,25)(H,23,26)(H4,20,21,24)/t14-/m0/s1. The molecule has 0 saturated heterocycles. The van der Waals surface area contributed by atoms with Crippen molar-refractivity contribution in [3.05, 3.63) is 29.3 Å². The van der Waals surface area contributed by atoms with Gasteiger partial charge in [-0.25, -0.2) is 0 Å². The van der Waals surface area contributed by atoms with Crippen molar-refractivity contribution in [3.8, 4) is 0 Å². The molecule has 0 bridgehead atoms. The molecule has 0 spiro atoms. The lowest BCUT2D eigenvalue weighted by molar-refractivity contribution is -0.122. The van der Waals surface area contributed by atoms with Gasteiger partial charge < -0.3 is 33.2 Å². The fourth-order valence-corrected chi connectivity index (χ4v) is 2.39. The molecule has 144 valence electrons. The molecule has 0 aromatic heterocycles. The van der Waals surface area contributed by atoms with E-state index in [2.05, 4.69) is 16.0 Å². The van der Waals surface area contributed by atoms with Crippen LogP contribution in [0.25, 0.3) is 0 Å². The molecule has 0 heterocycles. The highest BCUT2D eigenvalue weighted by atomic mass is 16.2. The van der Waals surface area contributed by atoms with Crippen molar-refractivity contribution in [1.82, 2.24) is 16.0 Å². The Bertz CT molecular complexity index is 634. The normalized spacial score (nSPS) is 11.5. The topological polar surface area (TPSA) is 172 Å². The molecule has 2 amide bonds. The van der Waals surface area contributed by atoms with Crippen LogP contribution in [0.1, 0.15) is 35.7 Å². The maximum Gasteiger partial charge on any atom is 0.251 e. The van der Waals surface area contributed by atoms with E-state index in [0.29, 0.717) is 50.1 Å². The Kier molecular flexibility index (Phi) is 8.93. The highest BCUT2D eigenvalue weighted by Crippen LogP contribution is 2.14. The molecule has 1 rings (SSSR count). The van der Waals surface area contributed by atoms with Gasteiger partial charge in [0.05, 0.1) is 6.04 Å². The third-order valence-electron chi connectivity index (χ3n) is 3.81. The average molecular weight is 363 g/mol. The van der Waals surface area contributed by atoms with Crippen LogP contribution in [-0.2, 0) is 11.2 Å². The van der Waals surface area contributed by atoms with E-state index in [1.165, 1.54) is 0 Å². The molecule has 0 unspecified atom stereocenters. The summed E-state index contributed by atoms with van der Waals surface area (Å²) in [6.07, 6.45) is 1.81. The van der Waals surface area contributed by atoms with E-state index in [1.807, 2.05) is 6.92 Å². The molecular weight excluding hydrogens is 334 g/mol. The molecule has 0 radical (unpaired) electrons. The number of amides is 2. The van der Waals surface area contributed by atoms with Gasteiger partial charge in [0, 0.05) is 30.9 Å². The van der Waals surface area contributed by atoms with E-state index in [0.717, 1.165) is 5.56 Å². The second-order valence-corrected chi connectivity index (χ2v) is 5.91. The zero-order valence-electron chi connectivity index (χ0n) is 15.1. The van der Waals surface area contributed by atoms with Crippen LogP contribution >= 0.6 is 0 Å². The maximum atomic E-state index is 12.2. The summed E-state index contributed by atoms with van der Waals surface area (Å²) in [6, 6.07) is 4.54. The highest BCUT2D eigenvalue weighted by Gasteiger charge is 2.13. The molecule has 0 aliphatic carbocycles. The predicted octanol–water partition coefficient (Wildman–Crippen LogP) is -0.732. The van der Waals surface area contributed by atoms with Crippen LogP contribution in [0.4, 0.5) is 5.69 Å². The van der Waals surface area contributed by atoms with E-state index >= 15 is 0 Å². The number of nitrogens with two attached hydrogens (primary N) is 3. The van der Waals surface area contributed by atoms with Gasteiger partial charge >= 0.3 is 0 Å². The van der Waals surface area contributed by atoms with Crippen molar-refractivity contribution >= 4 is 23.5 Å². The number of anilines is 1. The van der Waals surface area contributed by atoms with Gasteiger partial charge in [-0.15, -0.1) is 0 Å². The smallest absolute Gasteiger partial charge is 0.251 e. The van der Waals surface area contributed by atoms with Crippen LogP contribution in [0, 0.1) is 5.41 Å². The number of hydrogen-bond acceptors (Lipinski definition) is 5. The lowest BCUT2D eigenvalue weighted by Crippen LogP contribution is -2.44. The number of guanidine groups is 1. The molecule has 0 saturated carbocycles. The summed E-state index contributed by atoms with van der Waals surface area (Å²) in [4.78, 5) is 24.1. The van der Waals surface area contributed by atoms with Crippen LogP contribution in [0.15, 0.2) is 18.2 Å². The van der Waals surface area contributed by atoms with Gasteiger partial charge in [0.15, 0.2) is 5.96 Å². The van der Waals surface area contributed by atoms with Gasteiger partial charge in [0.25, 0.3) is 5.91 Å². The van der Waals surface area contributed by atoms with Crippen molar-refractivity contribution < 1.29 is 9.59 Å². The van der Waals surface area contributed by atoms with E-state index in [1.54, 1.807) is 18.2 Å². The maximum absolute atomic E-state index is 12.2. The quantitative estimate of drug-likeness (QED) is 0.125. The van der Waals surface area contributed by atoms with Gasteiger partial charge in [-0.3, -0.25) is 15.0 Å². The molecule has 9 nitrogen and oxygen atoms in total. The van der Waals surface area contributed by atoms with Crippen LogP contribution in [0.5, 0.6) is 0 Å². The molecule has 1 atom stereocenters. The Morgan fingerprint density at radius 2 is 1.85 bits per heavy atom. The summed E-state index contributed by atoms with van der Waals surface area (Å²) in [5, 5.41) is 15.1. The van der Waals surface area contributed by atoms with Crippen molar-refractivity contribution in [1.29, 1.82) is 5.41 Å². The van der Waals surface area contributed by atoms with Gasteiger partial charge in [0.1, 0.15) is 0 Å². The van der Waals surface area contributed by atoms with Gasteiger partial charge in [-0.05, 0) is 43.0 Å². The monoisotopic (exact) mass is 363 g/mol. The molecule has 9 heteroatoms. The minimum atomic E-state index is -0.636. The minimum Gasteiger partial charge on any atom is -0.399 e. The predicted molar refractivity (Wildman–Crippen MR) is 103 cm³/mol. The molecule has 0 aliphatic heterocycles. The Hall–Kier alpha value is -2.81.